The molecule has 2 aliphatic rings. The Balaban J connectivity index is 1.93. The van der Waals surface area contributed by atoms with Crippen LogP contribution in [0.5, 0.6) is 0 Å². The Kier molecular flexibility index (Phi) is 3.20. The average molecular weight is 300 g/mol. The van der Waals surface area contributed by atoms with Crippen LogP contribution in [0.2, 0.25) is 0 Å². The van der Waals surface area contributed by atoms with Crippen molar-refractivity contribution in [3.63, 3.8) is 0 Å². The summed E-state index contributed by atoms with van der Waals surface area (Å²) in [5.74, 6) is 0.330. The average Bonchev–Trinajstić information content (AvgIpc) is 2.82. The number of imide groups is 1. The van der Waals surface area contributed by atoms with E-state index in [1.165, 1.54) is 11.9 Å². The normalized spacial score (nSPS) is 21.4. The topological polar surface area (TPSA) is 82.0 Å². The largest absolute Gasteiger partial charge is 0.388 e. The number of likely N-dealkylation sites (N-methyl/N-ethyl adjacent to an activating group) is 2. The minimum atomic E-state index is -0.644. The molecule has 1 atom stereocenters. The molecule has 1 unspecified atom stereocenters. The number of fused-ring (bicyclic) bond motifs is 1. The summed E-state index contributed by atoms with van der Waals surface area (Å²) in [7, 11) is 3.07. The van der Waals surface area contributed by atoms with Crippen molar-refractivity contribution in [2.24, 2.45) is 10.7 Å². The number of carbonyl (C=O) groups excluding carboxylic acids is 2. The van der Waals surface area contributed by atoms with Crippen molar-refractivity contribution in [3.8, 4) is 0 Å². The highest BCUT2D eigenvalue weighted by Gasteiger charge is 2.50. The predicted molar refractivity (Wildman–Crippen MR) is 81.5 cm³/mol. The van der Waals surface area contributed by atoms with Crippen LogP contribution in [-0.2, 0) is 11.3 Å². The molecule has 1 aromatic carbocycles. The van der Waals surface area contributed by atoms with Crippen molar-refractivity contribution in [3.05, 3.63) is 35.4 Å². The van der Waals surface area contributed by atoms with Crippen molar-refractivity contribution >= 4 is 23.7 Å². The first kappa shape index (κ1) is 14.2. The second-order valence-electron chi connectivity index (χ2n) is 5.58. The fourth-order valence-electron chi connectivity index (χ4n) is 2.68. The summed E-state index contributed by atoms with van der Waals surface area (Å²) in [6.07, 6.45) is 0. The lowest BCUT2D eigenvalue weighted by atomic mass is 10.1. The molecule has 0 radical (unpaired) electrons. The molecule has 0 bridgehead atoms. The molecular formula is C15H18N5O2+. The molecule has 1 saturated heterocycles. The van der Waals surface area contributed by atoms with Gasteiger partial charge in [0.15, 0.2) is 0 Å². The van der Waals surface area contributed by atoms with Gasteiger partial charge in [0.2, 0.25) is 11.9 Å². The minimum Gasteiger partial charge on any atom is -0.288 e. The van der Waals surface area contributed by atoms with Crippen LogP contribution < -0.4 is 5.73 Å². The van der Waals surface area contributed by atoms with Gasteiger partial charge in [-0.25, -0.2) is 9.37 Å². The first-order valence-corrected chi connectivity index (χ1v) is 6.98. The van der Waals surface area contributed by atoms with Crippen LogP contribution in [0, 0.1) is 6.92 Å². The third-order valence-electron chi connectivity index (χ3n) is 4.04. The van der Waals surface area contributed by atoms with Gasteiger partial charge in [0.25, 0.3) is 5.91 Å². The number of hydrogen-bond donors (Lipinski definition) is 1. The van der Waals surface area contributed by atoms with E-state index >= 15 is 0 Å². The van der Waals surface area contributed by atoms with Gasteiger partial charge in [-0.3, -0.25) is 20.3 Å². The maximum absolute atomic E-state index is 12.5. The highest BCUT2D eigenvalue weighted by molar-refractivity contribution is 6.22. The second kappa shape index (κ2) is 4.94. The molecule has 3 rings (SSSR count). The van der Waals surface area contributed by atoms with Gasteiger partial charge in [-0.2, -0.15) is 0 Å². The SMILES string of the molecule is Cc1ccc(C[N+]2=C(N)N=C3C2C(=O)N(C)C(=O)N3C)cc1. The Labute approximate surface area is 128 Å². The quantitative estimate of drug-likeness (QED) is 0.788. The van der Waals surface area contributed by atoms with Gasteiger partial charge in [0, 0.05) is 14.1 Å². The van der Waals surface area contributed by atoms with Gasteiger partial charge >= 0.3 is 12.0 Å². The fourth-order valence-corrected chi connectivity index (χ4v) is 2.68. The van der Waals surface area contributed by atoms with Crippen LogP contribution in [0.4, 0.5) is 4.79 Å². The molecule has 0 aromatic heterocycles. The van der Waals surface area contributed by atoms with Crippen LogP contribution in [0.25, 0.3) is 0 Å². The van der Waals surface area contributed by atoms with E-state index in [-0.39, 0.29) is 11.9 Å². The van der Waals surface area contributed by atoms with E-state index in [1.807, 2.05) is 31.2 Å². The molecule has 1 fully saturated rings. The monoisotopic (exact) mass is 300 g/mol. The molecule has 0 saturated carbocycles. The van der Waals surface area contributed by atoms with Gasteiger partial charge < -0.3 is 0 Å². The number of aliphatic imine (C=N–C) groups is 1. The molecule has 1 aromatic rings. The first-order valence-electron chi connectivity index (χ1n) is 6.98. The molecule has 3 amide bonds. The number of urea groups is 1. The Morgan fingerprint density at radius 2 is 1.82 bits per heavy atom. The highest BCUT2D eigenvalue weighted by Crippen LogP contribution is 2.19. The van der Waals surface area contributed by atoms with E-state index in [0.29, 0.717) is 12.4 Å². The van der Waals surface area contributed by atoms with Crippen molar-refractivity contribution in [1.29, 1.82) is 0 Å². The summed E-state index contributed by atoms with van der Waals surface area (Å²) in [5, 5.41) is 0. The van der Waals surface area contributed by atoms with E-state index in [0.717, 1.165) is 16.0 Å². The summed E-state index contributed by atoms with van der Waals surface area (Å²) < 4.78 is 1.72. The maximum atomic E-state index is 12.5. The van der Waals surface area contributed by atoms with Gasteiger partial charge in [-0.15, -0.1) is 0 Å². The van der Waals surface area contributed by atoms with Crippen molar-refractivity contribution in [2.75, 3.05) is 14.1 Å². The molecule has 0 aliphatic carbocycles. The molecule has 114 valence electrons. The van der Waals surface area contributed by atoms with Crippen LogP contribution >= 0.6 is 0 Å². The standard InChI is InChI=1S/C15H17N5O2/c1-9-4-6-10(7-5-9)8-20-11-12(17-14(20)16)18(2)15(22)19(3)13(11)21/h4-7,11,16H,8H2,1-3H3/p+1. The van der Waals surface area contributed by atoms with E-state index < -0.39 is 12.1 Å². The summed E-state index contributed by atoms with van der Waals surface area (Å²) in [6, 6.07) is 6.96. The van der Waals surface area contributed by atoms with Crippen molar-refractivity contribution < 1.29 is 14.2 Å². The second-order valence-corrected chi connectivity index (χ2v) is 5.58. The Morgan fingerprint density at radius 1 is 1.18 bits per heavy atom. The van der Waals surface area contributed by atoms with Gasteiger partial charge in [-0.1, -0.05) is 34.8 Å². The zero-order valence-electron chi connectivity index (χ0n) is 12.8. The molecule has 22 heavy (non-hydrogen) atoms. The lowest BCUT2D eigenvalue weighted by Crippen LogP contribution is -2.61. The number of hydrogen-bond acceptors (Lipinski definition) is 4. The number of amidine groups is 1. The third kappa shape index (κ3) is 2.05. The summed E-state index contributed by atoms with van der Waals surface area (Å²) in [5.41, 5.74) is 8.17. The number of guanidine groups is 1. The predicted octanol–water partition coefficient (Wildman–Crippen LogP) is 0.127. The highest BCUT2D eigenvalue weighted by atomic mass is 16.2. The number of amides is 3. The number of nitrogens with zero attached hydrogens (tertiary/aromatic N) is 4. The maximum Gasteiger partial charge on any atom is 0.388 e. The Bertz CT molecular complexity index is 720. The third-order valence-corrected chi connectivity index (χ3v) is 4.04. The Morgan fingerprint density at radius 3 is 2.45 bits per heavy atom. The van der Waals surface area contributed by atoms with Crippen LogP contribution in [0.15, 0.2) is 29.3 Å². The number of rotatable bonds is 2. The zero-order valence-corrected chi connectivity index (χ0v) is 12.8. The van der Waals surface area contributed by atoms with E-state index in [1.54, 1.807) is 11.6 Å². The zero-order chi connectivity index (χ0) is 16.0. The van der Waals surface area contributed by atoms with Crippen LogP contribution in [-0.4, -0.2) is 58.2 Å². The van der Waals surface area contributed by atoms with Crippen LogP contribution in [0.1, 0.15) is 11.1 Å². The minimum absolute atomic E-state index is 0.254. The van der Waals surface area contributed by atoms with E-state index in [9.17, 15) is 9.59 Å². The smallest absolute Gasteiger partial charge is 0.288 e. The number of nitrogens with two attached hydrogens (primary N) is 1. The molecule has 2 aliphatic heterocycles. The van der Waals surface area contributed by atoms with Gasteiger partial charge in [0.1, 0.15) is 0 Å². The van der Waals surface area contributed by atoms with Crippen molar-refractivity contribution in [1.82, 2.24) is 9.80 Å². The van der Waals surface area contributed by atoms with Gasteiger partial charge in [0.05, 0.1) is 6.54 Å². The Hall–Kier alpha value is -2.70. The van der Waals surface area contributed by atoms with E-state index in [2.05, 4.69) is 4.99 Å². The van der Waals surface area contributed by atoms with Crippen molar-refractivity contribution in [2.45, 2.75) is 19.5 Å². The van der Waals surface area contributed by atoms with Crippen LogP contribution in [0.3, 0.4) is 0 Å². The number of carbonyl (C=O) groups is 2. The van der Waals surface area contributed by atoms with Gasteiger partial charge in [-0.05, 0) is 12.5 Å². The number of benzene rings is 1. The lowest BCUT2D eigenvalue weighted by Gasteiger charge is -2.31. The fraction of sp³-hybridized carbons (Fsp3) is 0.333. The summed E-state index contributed by atoms with van der Waals surface area (Å²) >= 11 is 0. The molecule has 2 heterocycles. The lowest BCUT2D eigenvalue weighted by molar-refractivity contribution is -0.552. The molecule has 0 spiro atoms. The summed E-state index contributed by atoms with van der Waals surface area (Å²) in [6.45, 7) is 2.48. The number of aryl methyl sites for hydroxylation is 1. The summed E-state index contributed by atoms with van der Waals surface area (Å²) in [4.78, 5) is 31.1. The van der Waals surface area contributed by atoms with E-state index in [4.69, 9.17) is 5.73 Å². The molecular weight excluding hydrogens is 282 g/mol. The first-order chi connectivity index (χ1) is 10.4. The molecule has 7 nitrogen and oxygen atoms in total. The molecule has 2 N–H and O–H groups in total. The molecule has 7 heteroatoms.